The fourth-order valence-corrected chi connectivity index (χ4v) is 8.03. The van der Waals surface area contributed by atoms with Crippen molar-refractivity contribution in [3.8, 4) is 0 Å². The van der Waals surface area contributed by atoms with Gasteiger partial charge in [-0.25, -0.2) is 28.6 Å². The molecule has 1 fully saturated rings. The van der Waals surface area contributed by atoms with Crippen LogP contribution in [-0.4, -0.2) is 129 Å². The Balaban J connectivity index is 1.49. The number of fused-ring (bicyclic) bond motifs is 1. The highest BCUT2D eigenvalue weighted by Crippen LogP contribution is 2.61. The van der Waals surface area contributed by atoms with Crippen LogP contribution in [-0.2, 0) is 50.7 Å². The molecule has 1 aliphatic rings. The number of amides is 2. The molecular weight excluding hydrogens is 821 g/mol. The molecule has 2 aromatic rings. The van der Waals surface area contributed by atoms with Crippen LogP contribution in [0.1, 0.15) is 32.9 Å². The van der Waals surface area contributed by atoms with E-state index in [0.29, 0.717) is 18.7 Å². The van der Waals surface area contributed by atoms with Crippen molar-refractivity contribution >= 4 is 69.1 Å². The molecule has 3 heterocycles. The highest BCUT2D eigenvalue weighted by atomic mass is 32.2. The summed E-state index contributed by atoms with van der Waals surface area (Å²) in [5.74, 6) is -1.18. The normalized spacial score (nSPS) is 22.0. The molecule has 0 saturated carbocycles. The minimum absolute atomic E-state index is 0.0282. The standard InChI is InChI=1S/C26H43N8O17P3S/c1-26(2,21(38)24(39)30-8-6-16(35)29-9-10-55-17(36)5-3-4-7-27)12-48-54(45,46)51-53(43,44)47-11-15-20(50-52(40,41)42)19(37)25(49-15)34-14-33-18-22(28)31-13-32-23(18)34/h3,5,13-15,19-21,25,37-38H,4,6-12,27H2,1-2H3,(H,29,35)(H,30,39)(H,43,44)(H,45,46)(H2,28,31,32)(H2,40,41,42)/t15-,19-,20-,21+,25-/m1/s1. The van der Waals surface area contributed by atoms with E-state index < -0.39 is 84.6 Å². The number of imidazole rings is 1. The molecule has 2 unspecified atom stereocenters. The second-order valence-corrected chi connectivity index (χ2v) is 17.6. The molecule has 1 aliphatic heterocycles. The largest absolute Gasteiger partial charge is 0.481 e. The summed E-state index contributed by atoms with van der Waals surface area (Å²) in [5, 5.41) is 26.1. The van der Waals surface area contributed by atoms with Crippen molar-refractivity contribution < 1.29 is 80.5 Å². The monoisotopic (exact) mass is 864 g/mol. The molecule has 12 N–H and O–H groups in total. The third kappa shape index (κ3) is 14.6. The molecule has 0 bridgehead atoms. The number of carbonyl (C=O) groups is 3. The molecule has 0 spiro atoms. The number of thioether (sulfide) groups is 1. The van der Waals surface area contributed by atoms with Gasteiger partial charge < -0.3 is 56.6 Å². The van der Waals surface area contributed by atoms with Crippen LogP contribution in [0.2, 0.25) is 0 Å². The lowest BCUT2D eigenvalue weighted by molar-refractivity contribution is -0.137. The van der Waals surface area contributed by atoms with E-state index in [1.807, 2.05) is 0 Å². The predicted molar refractivity (Wildman–Crippen MR) is 190 cm³/mol. The van der Waals surface area contributed by atoms with Crippen LogP contribution in [0, 0.1) is 5.41 Å². The van der Waals surface area contributed by atoms with E-state index >= 15 is 0 Å². The summed E-state index contributed by atoms with van der Waals surface area (Å²) in [7, 11) is -16.4. The van der Waals surface area contributed by atoms with Crippen molar-refractivity contribution in [2.75, 3.05) is 44.3 Å². The lowest BCUT2D eigenvalue weighted by Gasteiger charge is -2.30. The highest BCUT2D eigenvalue weighted by molar-refractivity contribution is 8.14. The average Bonchev–Trinajstić information content (AvgIpc) is 3.64. The predicted octanol–water partition coefficient (Wildman–Crippen LogP) is -1.43. The van der Waals surface area contributed by atoms with Crippen molar-refractivity contribution in [2.24, 2.45) is 11.1 Å². The molecule has 310 valence electrons. The van der Waals surface area contributed by atoms with Gasteiger partial charge in [-0.05, 0) is 19.0 Å². The quantitative estimate of drug-likeness (QED) is 0.0368. The fourth-order valence-electron chi connectivity index (χ4n) is 4.61. The van der Waals surface area contributed by atoms with Crippen molar-refractivity contribution in [1.82, 2.24) is 30.2 Å². The number of phosphoric ester groups is 3. The minimum atomic E-state index is -5.57. The topological polar surface area (TPSA) is 390 Å². The number of carbonyl (C=O) groups excluding carboxylic acids is 3. The van der Waals surface area contributed by atoms with Gasteiger partial charge in [0.2, 0.25) is 16.9 Å². The number of aliphatic hydroxyl groups is 2. The third-order valence-corrected chi connectivity index (χ3v) is 11.3. The van der Waals surface area contributed by atoms with Gasteiger partial charge >= 0.3 is 23.5 Å². The van der Waals surface area contributed by atoms with E-state index in [1.165, 1.54) is 19.9 Å². The first-order valence-corrected chi connectivity index (χ1v) is 21.5. The molecule has 7 atom stereocenters. The van der Waals surface area contributed by atoms with E-state index in [1.54, 1.807) is 6.08 Å². The Hall–Kier alpha value is -2.74. The first-order valence-electron chi connectivity index (χ1n) is 16.0. The van der Waals surface area contributed by atoms with Gasteiger partial charge in [0.1, 0.15) is 36.3 Å². The zero-order valence-corrected chi connectivity index (χ0v) is 32.7. The zero-order valence-electron chi connectivity index (χ0n) is 29.2. The maximum Gasteiger partial charge on any atom is 0.481 e. The van der Waals surface area contributed by atoms with Crippen LogP contribution in [0.3, 0.4) is 0 Å². The SMILES string of the molecule is CC(C)(COP(=O)(O)OP(=O)(O)OC[C@H]1O[C@@H](n2cnc3c(N)ncnc32)[C@H](O)[C@@H]1OP(=O)(O)O)[C@@H](O)C(=O)NCCC(=O)NCCSC(=O)C=CCCN. The minimum Gasteiger partial charge on any atom is -0.386 e. The van der Waals surface area contributed by atoms with Gasteiger partial charge in [0.25, 0.3) is 0 Å². The molecule has 25 nitrogen and oxygen atoms in total. The van der Waals surface area contributed by atoms with Crippen molar-refractivity contribution in [3.63, 3.8) is 0 Å². The maximum absolute atomic E-state index is 12.7. The number of nitrogens with one attached hydrogen (secondary N) is 2. The molecule has 2 aromatic heterocycles. The van der Waals surface area contributed by atoms with Crippen LogP contribution in [0.5, 0.6) is 0 Å². The summed E-state index contributed by atoms with van der Waals surface area (Å²) in [5.41, 5.74) is 9.59. The Morgan fingerprint density at radius 1 is 1.09 bits per heavy atom. The summed E-state index contributed by atoms with van der Waals surface area (Å²) in [4.78, 5) is 87.1. The molecule has 29 heteroatoms. The van der Waals surface area contributed by atoms with Crippen LogP contribution < -0.4 is 22.1 Å². The van der Waals surface area contributed by atoms with Crippen LogP contribution >= 0.6 is 35.2 Å². The number of hydrogen-bond donors (Lipinski definition) is 10. The first kappa shape index (κ1) is 46.6. The van der Waals surface area contributed by atoms with Gasteiger partial charge in [-0.3, -0.25) is 32.5 Å². The van der Waals surface area contributed by atoms with E-state index in [9.17, 15) is 57.9 Å². The van der Waals surface area contributed by atoms with Gasteiger partial charge in [-0.1, -0.05) is 31.7 Å². The Morgan fingerprint density at radius 3 is 2.45 bits per heavy atom. The Labute approximate surface area is 317 Å². The van der Waals surface area contributed by atoms with Gasteiger partial charge in [0, 0.05) is 30.7 Å². The van der Waals surface area contributed by atoms with Crippen LogP contribution in [0.15, 0.2) is 24.8 Å². The highest BCUT2D eigenvalue weighted by Gasteiger charge is 2.50. The van der Waals surface area contributed by atoms with Crippen LogP contribution in [0.25, 0.3) is 11.2 Å². The number of hydrogen-bond acceptors (Lipinski definition) is 19. The number of anilines is 1. The van der Waals surface area contributed by atoms with Gasteiger partial charge in [0.05, 0.1) is 19.5 Å². The number of rotatable bonds is 22. The third-order valence-electron chi connectivity index (χ3n) is 7.33. The molecule has 3 rings (SSSR count). The zero-order chi connectivity index (χ0) is 41.2. The summed E-state index contributed by atoms with van der Waals surface area (Å²) in [6.07, 6.45) is -3.35. The summed E-state index contributed by atoms with van der Waals surface area (Å²) < 4.78 is 62.0. The van der Waals surface area contributed by atoms with Gasteiger partial charge in [0.15, 0.2) is 17.7 Å². The average molecular weight is 865 g/mol. The van der Waals surface area contributed by atoms with E-state index in [4.69, 9.17) is 25.3 Å². The first-order chi connectivity index (χ1) is 25.6. The van der Waals surface area contributed by atoms with Gasteiger partial charge in [-0.2, -0.15) is 4.31 Å². The summed E-state index contributed by atoms with van der Waals surface area (Å²) in [6.45, 7) is 0.846. The maximum atomic E-state index is 12.7. The molecule has 0 radical (unpaired) electrons. The fraction of sp³-hybridized carbons (Fsp3) is 0.615. The number of nitrogens with two attached hydrogens (primary N) is 2. The second kappa shape index (κ2) is 20.1. The summed E-state index contributed by atoms with van der Waals surface area (Å²) >= 11 is 0.993. The lowest BCUT2D eigenvalue weighted by Crippen LogP contribution is -2.46. The molecule has 2 amide bonds. The number of aromatic nitrogens is 4. The second-order valence-electron chi connectivity index (χ2n) is 12.2. The van der Waals surface area contributed by atoms with Gasteiger partial charge in [-0.15, -0.1) is 0 Å². The molecule has 1 saturated heterocycles. The number of nitrogens with zero attached hydrogens (tertiary/aromatic N) is 4. The molecule has 0 aliphatic carbocycles. The Kier molecular flexibility index (Phi) is 17.0. The number of nitrogen functional groups attached to an aromatic ring is 1. The Morgan fingerprint density at radius 2 is 1.78 bits per heavy atom. The van der Waals surface area contributed by atoms with E-state index in [2.05, 4.69) is 34.4 Å². The van der Waals surface area contributed by atoms with Crippen molar-refractivity contribution in [3.05, 3.63) is 24.8 Å². The number of phosphoric acid groups is 3. The Bertz CT molecular complexity index is 1830. The van der Waals surface area contributed by atoms with Crippen LogP contribution in [0.4, 0.5) is 5.82 Å². The number of ether oxygens (including phenoxy) is 1. The lowest BCUT2D eigenvalue weighted by atomic mass is 9.87. The van der Waals surface area contributed by atoms with E-state index in [0.717, 1.165) is 29.0 Å². The van der Waals surface area contributed by atoms with Crippen molar-refractivity contribution in [1.29, 1.82) is 0 Å². The number of aliphatic hydroxyl groups excluding tert-OH is 2. The molecular formula is C26H43N8O17P3S. The van der Waals surface area contributed by atoms with Crippen molar-refractivity contribution in [2.45, 2.75) is 57.3 Å². The summed E-state index contributed by atoms with van der Waals surface area (Å²) in [6, 6.07) is 0. The van der Waals surface area contributed by atoms with E-state index in [-0.39, 0.29) is 41.6 Å². The molecule has 55 heavy (non-hydrogen) atoms. The smallest absolute Gasteiger partial charge is 0.386 e. The molecule has 0 aromatic carbocycles.